The molecule has 202 valence electrons. The molecule has 3 heterocycles. The molecule has 9 N–H and O–H groups in total. The first kappa shape index (κ1) is 27.3. The molecular weight excluding hydrogens is 496 g/mol. The van der Waals surface area contributed by atoms with Crippen LogP contribution in [-0.2, 0) is 9.53 Å². The number of methoxy groups -OCH3 is 1. The number of ether oxygens (including phenoxy) is 1. The van der Waals surface area contributed by atoms with Gasteiger partial charge < -0.3 is 19.9 Å². The van der Waals surface area contributed by atoms with E-state index in [0.29, 0.717) is 55.3 Å². The van der Waals surface area contributed by atoms with E-state index >= 15 is 0 Å². The standard InChI is InChI=1S/C24H37ClN10O2/c1-37-19(36)14-17(16-6-8-18(25)9-7-16)15-30-20-31-21(34-12-4-2-10-23(34,26)27)33-22(32-20)35-13-5-3-11-24(35,28)29/h6-9,17H,2-5,10-15,26-29H2,1H3,(H,30,31,32,33). The lowest BCUT2D eigenvalue weighted by Gasteiger charge is -2.43. The van der Waals surface area contributed by atoms with Crippen molar-refractivity contribution in [2.45, 2.75) is 62.4 Å². The van der Waals surface area contributed by atoms with Crippen LogP contribution in [0.15, 0.2) is 24.3 Å². The molecule has 1 unspecified atom stereocenters. The van der Waals surface area contributed by atoms with E-state index in [1.807, 2.05) is 12.1 Å². The number of aromatic nitrogens is 3. The number of piperidine rings is 2. The van der Waals surface area contributed by atoms with E-state index in [-0.39, 0.29) is 18.3 Å². The van der Waals surface area contributed by atoms with Crippen LogP contribution in [0.1, 0.15) is 56.4 Å². The van der Waals surface area contributed by atoms with Gasteiger partial charge in [-0.1, -0.05) is 23.7 Å². The molecule has 2 aliphatic heterocycles. The highest BCUT2D eigenvalue weighted by molar-refractivity contribution is 6.30. The molecule has 37 heavy (non-hydrogen) atoms. The van der Waals surface area contributed by atoms with E-state index in [2.05, 4.69) is 15.3 Å². The van der Waals surface area contributed by atoms with Crippen LogP contribution in [-0.4, -0.2) is 59.2 Å². The van der Waals surface area contributed by atoms with E-state index in [4.69, 9.17) is 44.3 Å². The third-order valence-corrected chi connectivity index (χ3v) is 7.26. The van der Waals surface area contributed by atoms with Crippen molar-refractivity contribution in [3.8, 4) is 0 Å². The van der Waals surface area contributed by atoms with Crippen molar-refractivity contribution in [2.24, 2.45) is 22.9 Å². The second-order valence-corrected chi connectivity index (χ2v) is 10.3. The Labute approximate surface area is 222 Å². The van der Waals surface area contributed by atoms with Crippen molar-refractivity contribution < 1.29 is 9.53 Å². The number of nitrogens with two attached hydrogens (primary N) is 4. The van der Waals surface area contributed by atoms with Crippen molar-refractivity contribution in [3.63, 3.8) is 0 Å². The predicted molar refractivity (Wildman–Crippen MR) is 144 cm³/mol. The molecular formula is C24H37ClN10O2. The number of carbonyl (C=O) groups is 1. The molecule has 13 heteroatoms. The minimum absolute atomic E-state index is 0.164. The number of anilines is 3. The van der Waals surface area contributed by atoms with Crippen LogP contribution in [0.5, 0.6) is 0 Å². The smallest absolute Gasteiger partial charge is 0.306 e. The molecule has 0 radical (unpaired) electrons. The largest absolute Gasteiger partial charge is 0.469 e. The van der Waals surface area contributed by atoms with Gasteiger partial charge in [0.1, 0.15) is 11.6 Å². The Hall–Kier alpha value is -2.77. The molecule has 4 rings (SSSR count). The lowest BCUT2D eigenvalue weighted by Crippen LogP contribution is -2.67. The highest BCUT2D eigenvalue weighted by Gasteiger charge is 2.37. The van der Waals surface area contributed by atoms with Crippen molar-refractivity contribution in [1.29, 1.82) is 0 Å². The van der Waals surface area contributed by atoms with Crippen LogP contribution < -0.4 is 38.1 Å². The molecule has 1 aromatic carbocycles. The van der Waals surface area contributed by atoms with E-state index in [9.17, 15) is 4.79 Å². The molecule has 1 aromatic heterocycles. The third-order valence-electron chi connectivity index (χ3n) is 7.01. The number of hydrogen-bond acceptors (Lipinski definition) is 12. The van der Waals surface area contributed by atoms with E-state index in [1.165, 1.54) is 7.11 Å². The van der Waals surface area contributed by atoms with Crippen LogP contribution in [0.25, 0.3) is 0 Å². The zero-order chi connectivity index (χ0) is 26.6. The summed E-state index contributed by atoms with van der Waals surface area (Å²) in [6.07, 6.45) is 5.05. The summed E-state index contributed by atoms with van der Waals surface area (Å²) < 4.78 is 4.92. The Morgan fingerprint density at radius 1 is 0.973 bits per heavy atom. The molecule has 2 saturated heterocycles. The fourth-order valence-corrected chi connectivity index (χ4v) is 4.96. The van der Waals surface area contributed by atoms with Gasteiger partial charge in [0.05, 0.1) is 13.5 Å². The molecule has 2 aliphatic rings. The maximum absolute atomic E-state index is 12.2. The van der Waals surface area contributed by atoms with Crippen LogP contribution in [0.2, 0.25) is 5.02 Å². The molecule has 1 atom stereocenters. The Kier molecular flexibility index (Phi) is 8.34. The average molecular weight is 533 g/mol. The average Bonchev–Trinajstić information content (AvgIpc) is 2.86. The highest BCUT2D eigenvalue weighted by Crippen LogP contribution is 2.30. The zero-order valence-corrected chi connectivity index (χ0v) is 22.0. The highest BCUT2D eigenvalue weighted by atomic mass is 35.5. The summed E-state index contributed by atoms with van der Waals surface area (Å²) in [6.45, 7) is 1.58. The second-order valence-electron chi connectivity index (χ2n) is 9.87. The Morgan fingerprint density at radius 2 is 1.51 bits per heavy atom. The number of esters is 1. The van der Waals surface area contributed by atoms with Crippen molar-refractivity contribution in [2.75, 3.05) is 41.9 Å². The second kappa shape index (κ2) is 11.3. The van der Waals surface area contributed by atoms with Crippen molar-refractivity contribution >= 4 is 35.4 Å². The van der Waals surface area contributed by atoms with Gasteiger partial charge in [-0.05, 0) is 56.2 Å². The number of halogens is 1. The quantitative estimate of drug-likeness (QED) is 0.243. The van der Waals surface area contributed by atoms with Gasteiger partial charge in [-0.3, -0.25) is 27.7 Å². The number of benzene rings is 1. The molecule has 2 fully saturated rings. The summed E-state index contributed by atoms with van der Waals surface area (Å²) >= 11 is 6.07. The summed E-state index contributed by atoms with van der Waals surface area (Å²) in [4.78, 5) is 29.8. The molecule has 0 aliphatic carbocycles. The van der Waals surface area contributed by atoms with E-state index < -0.39 is 11.6 Å². The number of nitrogens with zero attached hydrogens (tertiary/aromatic N) is 5. The van der Waals surface area contributed by atoms with Gasteiger partial charge in [-0.25, -0.2) is 0 Å². The van der Waals surface area contributed by atoms with Crippen molar-refractivity contribution in [1.82, 2.24) is 15.0 Å². The van der Waals surface area contributed by atoms with Gasteiger partial charge in [0, 0.05) is 30.6 Å². The summed E-state index contributed by atoms with van der Waals surface area (Å²) in [5.41, 5.74) is 26.6. The molecule has 12 nitrogen and oxygen atoms in total. The molecule has 0 bridgehead atoms. The van der Waals surface area contributed by atoms with E-state index in [0.717, 1.165) is 31.2 Å². The van der Waals surface area contributed by atoms with E-state index in [1.54, 1.807) is 21.9 Å². The topological polar surface area (TPSA) is 188 Å². The summed E-state index contributed by atoms with van der Waals surface area (Å²) in [6, 6.07) is 7.35. The Balaban J connectivity index is 1.66. The first-order chi connectivity index (χ1) is 17.6. The Morgan fingerprint density at radius 3 is 2.00 bits per heavy atom. The number of rotatable bonds is 8. The van der Waals surface area contributed by atoms with Gasteiger partial charge in [0.25, 0.3) is 0 Å². The van der Waals surface area contributed by atoms with Gasteiger partial charge >= 0.3 is 5.97 Å². The first-order valence-electron chi connectivity index (χ1n) is 12.6. The van der Waals surface area contributed by atoms with Crippen LogP contribution in [0.4, 0.5) is 17.8 Å². The summed E-state index contributed by atoms with van der Waals surface area (Å²) in [7, 11) is 1.37. The fourth-order valence-electron chi connectivity index (χ4n) is 4.83. The lowest BCUT2D eigenvalue weighted by atomic mass is 9.96. The van der Waals surface area contributed by atoms with Gasteiger partial charge in [0.2, 0.25) is 17.8 Å². The number of hydrogen-bond donors (Lipinski definition) is 5. The minimum atomic E-state index is -1.09. The van der Waals surface area contributed by atoms with Gasteiger partial charge in [0.15, 0.2) is 0 Å². The number of nitrogens with one attached hydrogen (secondary N) is 1. The monoisotopic (exact) mass is 532 g/mol. The van der Waals surface area contributed by atoms with Crippen LogP contribution >= 0.6 is 11.6 Å². The first-order valence-corrected chi connectivity index (χ1v) is 13.0. The molecule has 0 saturated carbocycles. The maximum atomic E-state index is 12.2. The summed E-state index contributed by atoms with van der Waals surface area (Å²) in [5, 5.41) is 3.89. The predicted octanol–water partition coefficient (Wildman–Crippen LogP) is 1.41. The minimum Gasteiger partial charge on any atom is -0.469 e. The number of carbonyl (C=O) groups excluding carboxylic acids is 1. The SMILES string of the molecule is COC(=O)CC(CNc1nc(N2CCCCC2(N)N)nc(N2CCCCC2(N)N)n1)c1ccc(Cl)cc1. The Bertz CT molecular complexity index is 1040. The zero-order valence-electron chi connectivity index (χ0n) is 21.2. The molecule has 0 amide bonds. The van der Waals surface area contributed by atoms with Gasteiger partial charge in [-0.15, -0.1) is 0 Å². The van der Waals surface area contributed by atoms with Crippen molar-refractivity contribution in [3.05, 3.63) is 34.9 Å². The van der Waals surface area contributed by atoms with Crippen LogP contribution in [0.3, 0.4) is 0 Å². The van der Waals surface area contributed by atoms with Crippen LogP contribution in [0, 0.1) is 0 Å². The molecule has 2 aromatic rings. The maximum Gasteiger partial charge on any atom is 0.306 e. The molecule has 0 spiro atoms. The lowest BCUT2D eigenvalue weighted by molar-refractivity contribution is -0.141. The van der Waals surface area contributed by atoms with Gasteiger partial charge in [-0.2, -0.15) is 15.0 Å². The third kappa shape index (κ3) is 6.57. The fraction of sp³-hybridized carbons (Fsp3) is 0.583. The summed E-state index contributed by atoms with van der Waals surface area (Å²) in [5.74, 6) is -1.70. The normalized spacial score (nSPS) is 19.8.